The lowest BCUT2D eigenvalue weighted by Crippen LogP contribution is -2.45. The minimum absolute atomic E-state index is 0.174. The van der Waals surface area contributed by atoms with Crippen molar-refractivity contribution in [3.05, 3.63) is 0 Å². The summed E-state index contributed by atoms with van der Waals surface area (Å²) in [7, 11) is -24.4. The molecule has 0 aromatic rings. The van der Waals surface area contributed by atoms with Crippen molar-refractivity contribution >= 4 is 30.4 Å². The highest BCUT2D eigenvalue weighted by molar-refractivity contribution is 7.69. The minimum Gasteiger partial charge on any atom is -0.808 e. The van der Waals surface area contributed by atoms with Crippen molar-refractivity contribution in [1.82, 2.24) is 0 Å². The molecule has 0 rings (SSSR count). The lowest BCUT2D eigenvalue weighted by atomic mass is 10.1. The van der Waals surface area contributed by atoms with Gasteiger partial charge in [-0.3, -0.25) is 0 Å². The Kier molecular flexibility index (Phi) is 11.3. The van der Waals surface area contributed by atoms with E-state index >= 15 is 0 Å². The van der Waals surface area contributed by atoms with Gasteiger partial charge >= 0.3 is 0 Å². The molecule has 18 heteroatoms. The molecule has 0 unspecified atom stereocenters. The first-order valence-corrected chi connectivity index (χ1v) is 14.9. The zero-order chi connectivity index (χ0) is 24.1. The van der Waals surface area contributed by atoms with E-state index in [1.807, 2.05) is 0 Å². The van der Waals surface area contributed by atoms with Crippen LogP contribution in [0.3, 0.4) is 0 Å². The van der Waals surface area contributed by atoms with Crippen LogP contribution in [0.25, 0.3) is 0 Å². The molecular weight excluding hydrogens is 492 g/mol. The Labute approximate surface area is 173 Å². The van der Waals surface area contributed by atoms with Crippen LogP contribution < -0.4 is 39.1 Å². The van der Waals surface area contributed by atoms with E-state index in [0.717, 1.165) is 0 Å². The first kappa shape index (κ1) is 30.5. The largest absolute Gasteiger partial charge is 0.808 e. The Morgan fingerprint density at radius 2 is 0.600 bits per heavy atom. The van der Waals surface area contributed by atoms with Crippen LogP contribution in [0.2, 0.25) is 0 Å². The van der Waals surface area contributed by atoms with Gasteiger partial charge in [-0.2, -0.15) is 0 Å². The van der Waals surface area contributed by atoms with Crippen LogP contribution in [0.5, 0.6) is 0 Å². The third kappa shape index (κ3) is 8.14. The lowest BCUT2D eigenvalue weighted by Gasteiger charge is -2.56. The van der Waals surface area contributed by atoms with Gasteiger partial charge in [-0.1, -0.05) is 38.5 Å². The van der Waals surface area contributed by atoms with E-state index in [0.29, 0.717) is 25.7 Å². The third-order valence-electron chi connectivity index (χ3n) is 4.53. The highest BCUT2D eigenvalue weighted by Gasteiger charge is 2.35. The second-order valence-corrected chi connectivity index (χ2v) is 14.5. The van der Waals surface area contributed by atoms with E-state index in [4.69, 9.17) is 0 Å². The fourth-order valence-corrected chi connectivity index (χ4v) is 6.76. The van der Waals surface area contributed by atoms with Crippen LogP contribution >= 0.6 is 30.4 Å². The lowest BCUT2D eigenvalue weighted by molar-refractivity contribution is -0.351. The second-order valence-electron chi connectivity index (χ2n) is 6.87. The normalized spacial score (nSPS) is 14.9. The number of unbranched alkanes of at least 4 members (excludes halogenated alkanes) is 7. The Balaban J connectivity index is 4.24. The van der Waals surface area contributed by atoms with E-state index in [1.165, 1.54) is 0 Å². The molecule has 0 aliphatic carbocycles. The fourth-order valence-electron chi connectivity index (χ4n) is 2.63. The summed E-state index contributed by atoms with van der Waals surface area (Å²) in [4.78, 5) is 87.0. The van der Waals surface area contributed by atoms with Crippen LogP contribution in [0, 0.1) is 0 Å². The molecule has 0 bridgehead atoms. The highest BCUT2D eigenvalue weighted by atomic mass is 31.2. The SMILES string of the molecule is O=P([O-])([O-])C(O)(CCCCCCCCCCC(O)(P(=O)([O-])[O-])P(=O)([O-])[O-])P(=O)([O-])[O-]. The zero-order valence-corrected chi connectivity index (χ0v) is 19.2. The number of rotatable bonds is 15. The molecule has 0 aliphatic heterocycles. The van der Waals surface area contributed by atoms with Crippen LogP contribution in [0.1, 0.15) is 64.2 Å². The molecule has 0 atom stereocenters. The molecule has 0 saturated carbocycles. The predicted molar refractivity (Wildman–Crippen MR) is 86.5 cm³/mol. The van der Waals surface area contributed by atoms with E-state index in [9.17, 15) is 67.6 Å². The van der Waals surface area contributed by atoms with E-state index in [2.05, 4.69) is 0 Å². The highest BCUT2D eigenvalue weighted by Crippen LogP contribution is 2.62. The summed E-state index contributed by atoms with van der Waals surface area (Å²) in [5.41, 5.74) is 0. The summed E-state index contributed by atoms with van der Waals surface area (Å²) in [5.74, 6) is 0. The smallest absolute Gasteiger partial charge is 0.117 e. The summed E-state index contributed by atoms with van der Waals surface area (Å²) in [6, 6.07) is 0. The predicted octanol–water partition coefficient (Wildman–Crippen LogP) is -4.17. The maximum absolute atomic E-state index is 10.9. The molecule has 0 heterocycles. The van der Waals surface area contributed by atoms with Crippen LogP contribution in [-0.2, 0) is 18.3 Å². The van der Waals surface area contributed by atoms with Crippen molar-refractivity contribution in [2.75, 3.05) is 0 Å². The first-order valence-electron chi connectivity index (χ1n) is 8.74. The molecule has 0 aromatic carbocycles. The number of hydrogen-bond acceptors (Lipinski definition) is 14. The van der Waals surface area contributed by atoms with Crippen LogP contribution in [-0.4, -0.2) is 20.4 Å². The fraction of sp³-hybridized carbons (Fsp3) is 1.00. The van der Waals surface area contributed by atoms with Gasteiger partial charge in [0.2, 0.25) is 0 Å². The Hall–Kier alpha value is 0.520. The summed E-state index contributed by atoms with van der Waals surface area (Å²) in [5, 5.41) is 11.1. The van der Waals surface area contributed by atoms with Gasteiger partial charge in [0.15, 0.2) is 0 Å². The van der Waals surface area contributed by atoms with Gasteiger partial charge in [-0.25, -0.2) is 0 Å². The second kappa shape index (κ2) is 11.1. The number of hydrogen-bond donors (Lipinski definition) is 2. The van der Waals surface area contributed by atoms with E-state index in [1.54, 1.807) is 0 Å². The van der Waals surface area contributed by atoms with Crippen molar-refractivity contribution in [2.24, 2.45) is 0 Å². The Morgan fingerprint density at radius 3 is 0.767 bits per heavy atom. The van der Waals surface area contributed by atoms with Crippen molar-refractivity contribution in [1.29, 1.82) is 0 Å². The first-order chi connectivity index (χ1) is 13.2. The van der Waals surface area contributed by atoms with E-state index < -0.39 is 53.4 Å². The summed E-state index contributed by atoms with van der Waals surface area (Å²) in [6.07, 6.45) is -0.526. The average Bonchev–Trinajstić information content (AvgIpc) is 2.51. The van der Waals surface area contributed by atoms with Crippen molar-refractivity contribution < 1.29 is 67.6 Å². The van der Waals surface area contributed by atoms with Gasteiger partial charge in [-0.15, -0.1) is 0 Å². The van der Waals surface area contributed by atoms with Crippen molar-refractivity contribution in [2.45, 2.75) is 74.4 Å². The molecule has 0 aliphatic rings. The standard InChI is InChI=1S/C12H30O14P4/c13-11(27(15,16)17,28(18,19)20)9-7-5-3-1-2-4-6-8-10-12(14,29(21,22)23)30(24,25)26/h13-14H,1-10H2,(H2,15,16,17)(H2,18,19,20)(H2,21,22,23)(H2,24,25,26)/p-8. The molecule has 0 saturated heterocycles. The van der Waals surface area contributed by atoms with Crippen LogP contribution in [0.4, 0.5) is 0 Å². The minimum atomic E-state index is -6.10. The molecule has 0 fully saturated rings. The van der Waals surface area contributed by atoms with Gasteiger partial charge < -0.3 is 67.6 Å². The molecule has 30 heavy (non-hydrogen) atoms. The molecule has 14 nitrogen and oxygen atoms in total. The zero-order valence-electron chi connectivity index (χ0n) is 15.7. The van der Waals surface area contributed by atoms with Gasteiger partial charge in [0, 0.05) is 0 Å². The van der Waals surface area contributed by atoms with Crippen molar-refractivity contribution in [3.63, 3.8) is 0 Å². The third-order valence-corrected chi connectivity index (χ3v) is 11.9. The monoisotopic (exact) mass is 514 g/mol. The molecule has 182 valence electrons. The summed E-state index contributed by atoms with van der Waals surface area (Å²) in [6.45, 7) is 0. The maximum Gasteiger partial charge on any atom is 0.117 e. The van der Waals surface area contributed by atoms with Crippen LogP contribution in [0.15, 0.2) is 0 Å². The van der Waals surface area contributed by atoms with Gasteiger partial charge in [-0.05, 0) is 56.1 Å². The van der Waals surface area contributed by atoms with Gasteiger partial charge in [0.05, 0.1) is 0 Å². The Bertz CT molecular complexity index is 623. The molecule has 0 radical (unpaired) electrons. The Morgan fingerprint density at radius 1 is 0.433 bits per heavy atom. The van der Waals surface area contributed by atoms with Crippen molar-refractivity contribution in [3.8, 4) is 0 Å². The van der Waals surface area contributed by atoms with E-state index in [-0.39, 0.29) is 25.7 Å². The molecule has 0 aromatic heterocycles. The van der Waals surface area contributed by atoms with Gasteiger partial charge in [0.1, 0.15) is 10.2 Å². The average molecular weight is 514 g/mol. The molecule has 0 amide bonds. The molecule has 2 N–H and O–H groups in total. The van der Waals surface area contributed by atoms with Gasteiger partial charge in [0.25, 0.3) is 0 Å². The summed E-state index contributed by atoms with van der Waals surface area (Å²) < 4.78 is 43.5. The number of aliphatic hydroxyl groups is 2. The molecule has 0 spiro atoms. The topological polar surface area (TPSA) is 293 Å². The molecular formula is C12H22O14P4-8. The quantitative estimate of drug-likeness (QED) is 0.155. The maximum atomic E-state index is 10.9. The summed E-state index contributed by atoms with van der Waals surface area (Å²) >= 11 is 0.